The smallest absolute Gasteiger partial charge is 0.0776 e. The fraction of sp³-hybridized carbons (Fsp3) is 0.138. The number of nitrogens with zero attached hydrogens (tertiary/aromatic N) is 2. The minimum atomic E-state index is -1.61. The molecule has 0 aromatic heterocycles. The number of anilines is 6. The van der Waals surface area contributed by atoms with Gasteiger partial charge in [-0.2, -0.15) is 0 Å². The molecular formula is C65H60N2Si2. The highest BCUT2D eigenvalue weighted by molar-refractivity contribution is 6.89. The largest absolute Gasteiger partial charge is 0.310 e. The van der Waals surface area contributed by atoms with Gasteiger partial charge in [0, 0.05) is 39.5 Å². The van der Waals surface area contributed by atoms with Gasteiger partial charge in [-0.05, 0) is 139 Å². The van der Waals surface area contributed by atoms with E-state index >= 15 is 0 Å². The maximum absolute atomic E-state index is 2.49. The highest BCUT2D eigenvalue weighted by Gasteiger charge is 2.39. The van der Waals surface area contributed by atoms with E-state index in [2.05, 4.69) is 281 Å². The quantitative estimate of drug-likeness (QED) is 0.0996. The second-order valence-corrected chi connectivity index (χ2v) is 31.6. The van der Waals surface area contributed by atoms with Crippen LogP contribution in [0.3, 0.4) is 0 Å². The van der Waals surface area contributed by atoms with Crippen LogP contribution < -0.4 is 20.2 Å². The Balaban J connectivity index is 1.07. The van der Waals surface area contributed by atoms with Crippen LogP contribution in [0.25, 0.3) is 54.9 Å². The first-order valence-corrected chi connectivity index (χ1v) is 31.5. The predicted molar refractivity (Wildman–Crippen MR) is 305 cm³/mol. The van der Waals surface area contributed by atoms with Crippen molar-refractivity contribution in [3.05, 3.63) is 230 Å². The third-order valence-electron chi connectivity index (χ3n) is 14.5. The van der Waals surface area contributed by atoms with Gasteiger partial charge in [-0.15, -0.1) is 0 Å². The van der Waals surface area contributed by atoms with Gasteiger partial charge in [-0.3, -0.25) is 0 Å². The van der Waals surface area contributed by atoms with E-state index in [4.69, 9.17) is 0 Å². The van der Waals surface area contributed by atoms with Crippen molar-refractivity contribution in [3.63, 3.8) is 0 Å². The number of hydrogen-bond donors (Lipinski definition) is 0. The van der Waals surface area contributed by atoms with E-state index < -0.39 is 16.1 Å². The molecule has 0 unspecified atom stereocenters. The van der Waals surface area contributed by atoms with Crippen molar-refractivity contribution in [1.29, 1.82) is 0 Å². The highest BCUT2D eigenvalue weighted by atomic mass is 28.3. The van der Waals surface area contributed by atoms with E-state index in [1.807, 2.05) is 0 Å². The van der Waals surface area contributed by atoms with Crippen LogP contribution in [0.5, 0.6) is 0 Å². The van der Waals surface area contributed by atoms with Crippen molar-refractivity contribution in [2.75, 3.05) is 9.80 Å². The SMILES string of the molecule is CC1(C)c2cc(N(c3ccc(-c4ccccc4)cc3)c3cccc([Si](C)(C)C)c3)ccc2-c2c1c1ccc(N(c3ccc(-c4ccccc4)cc3)c3cccc([Si](C)(C)C)c3)cc1c1ccccc21. The van der Waals surface area contributed by atoms with Gasteiger partial charge >= 0.3 is 0 Å². The van der Waals surface area contributed by atoms with Crippen molar-refractivity contribution in [1.82, 2.24) is 0 Å². The zero-order chi connectivity index (χ0) is 47.7. The van der Waals surface area contributed by atoms with Gasteiger partial charge < -0.3 is 9.80 Å². The average molecular weight is 925 g/mol. The molecule has 1 aliphatic rings. The van der Waals surface area contributed by atoms with Crippen molar-refractivity contribution in [2.45, 2.75) is 58.5 Å². The van der Waals surface area contributed by atoms with Gasteiger partial charge in [-0.1, -0.05) is 209 Å². The van der Waals surface area contributed by atoms with Crippen LogP contribution in [-0.4, -0.2) is 16.1 Å². The lowest BCUT2D eigenvalue weighted by atomic mass is 9.79. The molecule has 0 saturated heterocycles. The van der Waals surface area contributed by atoms with Crippen molar-refractivity contribution < 1.29 is 0 Å². The standard InChI is InChI=1S/C65H60N2Si2/c1-65(2)62-44-54(67(52-24-18-26-56(42-52)69(6,7)8)50-35-31-48(32-36-50)46-21-13-10-14-22-46)38-40-60(62)63-58-28-16-15-27-57(58)61-43-53(37-39-59(61)64(63)65)66(51-23-17-25-55(41-51)68(3,4)5)49-33-29-47(30-34-49)45-19-11-9-12-20-45/h9-44H,1-8H3. The van der Waals surface area contributed by atoms with Gasteiger partial charge in [-0.25, -0.2) is 0 Å². The second-order valence-electron chi connectivity index (χ2n) is 21.5. The minimum Gasteiger partial charge on any atom is -0.310 e. The summed E-state index contributed by atoms with van der Waals surface area (Å²) in [6.45, 7) is 19.5. The van der Waals surface area contributed by atoms with E-state index in [1.165, 1.54) is 93.5 Å². The Morgan fingerprint density at radius 3 is 1.25 bits per heavy atom. The Morgan fingerprint density at radius 2 is 0.739 bits per heavy atom. The molecular weight excluding hydrogens is 865 g/mol. The maximum atomic E-state index is 2.49. The number of benzene rings is 10. The lowest BCUT2D eigenvalue weighted by Gasteiger charge is -2.30. The molecule has 11 rings (SSSR count). The third-order valence-corrected chi connectivity index (χ3v) is 18.6. The first-order valence-electron chi connectivity index (χ1n) is 24.5. The van der Waals surface area contributed by atoms with E-state index in [0.29, 0.717) is 0 Å². The predicted octanol–water partition coefficient (Wildman–Crippen LogP) is 17.7. The molecule has 0 fully saturated rings. The average Bonchev–Trinajstić information content (AvgIpc) is 3.60. The fourth-order valence-corrected chi connectivity index (χ4v) is 13.1. The summed E-state index contributed by atoms with van der Waals surface area (Å²) >= 11 is 0. The van der Waals surface area contributed by atoms with E-state index in [-0.39, 0.29) is 5.41 Å². The van der Waals surface area contributed by atoms with Gasteiger partial charge in [0.15, 0.2) is 0 Å². The highest BCUT2D eigenvalue weighted by Crippen LogP contribution is 2.56. The van der Waals surface area contributed by atoms with E-state index in [9.17, 15) is 0 Å². The molecule has 338 valence electrons. The lowest BCUT2D eigenvalue weighted by molar-refractivity contribution is 0.666. The first kappa shape index (κ1) is 44.3. The van der Waals surface area contributed by atoms with Crippen LogP contribution in [-0.2, 0) is 5.41 Å². The third kappa shape index (κ3) is 8.02. The Labute approximate surface area is 411 Å². The molecule has 69 heavy (non-hydrogen) atoms. The number of fused-ring (bicyclic) bond motifs is 8. The van der Waals surface area contributed by atoms with Crippen LogP contribution in [0.1, 0.15) is 25.0 Å². The van der Waals surface area contributed by atoms with Crippen molar-refractivity contribution in [2.24, 2.45) is 0 Å². The number of rotatable bonds is 10. The number of hydrogen-bond acceptors (Lipinski definition) is 2. The molecule has 0 heterocycles. The summed E-state index contributed by atoms with van der Waals surface area (Å²) in [7, 11) is -3.21. The molecule has 2 nitrogen and oxygen atoms in total. The Kier molecular flexibility index (Phi) is 10.9. The second kappa shape index (κ2) is 17.1. The minimum absolute atomic E-state index is 0.286. The van der Waals surface area contributed by atoms with Gasteiger partial charge in [0.25, 0.3) is 0 Å². The summed E-state index contributed by atoms with van der Waals surface area (Å²) in [5.74, 6) is 0. The normalized spacial score (nSPS) is 13.0. The van der Waals surface area contributed by atoms with Crippen molar-refractivity contribution in [3.8, 4) is 33.4 Å². The van der Waals surface area contributed by atoms with Crippen molar-refractivity contribution >= 4 is 82.2 Å². The Morgan fingerprint density at radius 1 is 0.319 bits per heavy atom. The topological polar surface area (TPSA) is 6.48 Å². The molecule has 0 N–H and O–H groups in total. The molecule has 1 aliphatic carbocycles. The van der Waals surface area contributed by atoms with Crippen LogP contribution in [0, 0.1) is 0 Å². The monoisotopic (exact) mass is 924 g/mol. The van der Waals surface area contributed by atoms with Crippen LogP contribution in [0.15, 0.2) is 218 Å². The maximum Gasteiger partial charge on any atom is 0.0776 e. The van der Waals surface area contributed by atoms with Crippen LogP contribution in [0.2, 0.25) is 39.3 Å². The molecule has 0 radical (unpaired) electrons. The van der Waals surface area contributed by atoms with Gasteiger partial charge in [0.1, 0.15) is 0 Å². The molecule has 0 saturated carbocycles. The Hall–Kier alpha value is -7.25. The zero-order valence-corrected chi connectivity index (χ0v) is 43.2. The van der Waals surface area contributed by atoms with E-state index in [1.54, 1.807) is 0 Å². The molecule has 0 amide bonds. The molecule has 0 bridgehead atoms. The molecule has 10 aromatic carbocycles. The molecule has 10 aromatic rings. The fourth-order valence-electron chi connectivity index (χ4n) is 10.8. The summed E-state index contributed by atoms with van der Waals surface area (Å²) < 4.78 is 0. The van der Waals surface area contributed by atoms with Crippen LogP contribution in [0.4, 0.5) is 34.1 Å². The summed E-state index contributed by atoms with van der Waals surface area (Å²) in [6.07, 6.45) is 0. The summed E-state index contributed by atoms with van der Waals surface area (Å²) in [5.41, 5.74) is 17.0. The van der Waals surface area contributed by atoms with Gasteiger partial charge in [0.2, 0.25) is 0 Å². The zero-order valence-electron chi connectivity index (χ0n) is 41.2. The summed E-state index contributed by atoms with van der Waals surface area (Å²) in [4.78, 5) is 4.93. The summed E-state index contributed by atoms with van der Waals surface area (Å²) in [6, 6.07) is 81.7. The van der Waals surface area contributed by atoms with Gasteiger partial charge in [0.05, 0.1) is 16.1 Å². The molecule has 4 heteroatoms. The molecule has 0 atom stereocenters. The summed E-state index contributed by atoms with van der Waals surface area (Å²) in [5, 5.41) is 8.05. The molecule has 0 aliphatic heterocycles. The van der Waals surface area contributed by atoms with E-state index in [0.717, 1.165) is 17.1 Å². The lowest BCUT2D eigenvalue weighted by Crippen LogP contribution is -2.37. The Bertz CT molecular complexity index is 3530. The molecule has 0 spiro atoms. The first-order chi connectivity index (χ1) is 33.2. The van der Waals surface area contributed by atoms with Crippen LogP contribution >= 0.6 is 0 Å².